The van der Waals surface area contributed by atoms with E-state index in [1.165, 1.54) is 34.2 Å². The number of aromatic nitrogens is 1. The van der Waals surface area contributed by atoms with E-state index < -0.39 is 0 Å². The van der Waals surface area contributed by atoms with Crippen LogP contribution < -0.4 is 0 Å². The zero-order valence-corrected chi connectivity index (χ0v) is 12.3. The molecule has 2 aromatic carbocycles. The molecule has 1 heterocycles. The molecular weight excluding hydrogens is 254 g/mol. The summed E-state index contributed by atoms with van der Waals surface area (Å²) in [4.78, 5) is 4.06. The summed E-state index contributed by atoms with van der Waals surface area (Å²) in [6, 6.07) is 21.7. The lowest BCUT2D eigenvalue weighted by Crippen LogP contribution is -1.84. The van der Waals surface area contributed by atoms with Gasteiger partial charge in [0.25, 0.3) is 0 Å². The van der Waals surface area contributed by atoms with Crippen LogP contribution in [0.2, 0.25) is 0 Å². The number of hydrogen-bond acceptors (Lipinski definition) is 1. The molecule has 0 saturated carbocycles. The third-order valence-electron chi connectivity index (χ3n) is 3.72. The summed E-state index contributed by atoms with van der Waals surface area (Å²) >= 11 is 0. The second-order valence-corrected chi connectivity index (χ2v) is 5.26. The van der Waals surface area contributed by atoms with Crippen LogP contribution >= 0.6 is 0 Å². The van der Waals surface area contributed by atoms with Gasteiger partial charge in [-0.3, -0.25) is 4.98 Å². The molecule has 0 spiro atoms. The fraction of sp³-hybridized carbons (Fsp3) is 0.150. The number of pyridine rings is 1. The molecule has 1 heteroatoms. The van der Waals surface area contributed by atoms with Gasteiger partial charge in [0.15, 0.2) is 0 Å². The third-order valence-corrected chi connectivity index (χ3v) is 3.72. The van der Waals surface area contributed by atoms with E-state index in [1.54, 1.807) is 0 Å². The zero-order valence-electron chi connectivity index (χ0n) is 12.3. The van der Waals surface area contributed by atoms with Gasteiger partial charge in [-0.2, -0.15) is 0 Å². The van der Waals surface area contributed by atoms with Crippen molar-refractivity contribution in [1.29, 1.82) is 0 Å². The fourth-order valence-electron chi connectivity index (χ4n) is 2.55. The Morgan fingerprint density at radius 3 is 1.52 bits per heavy atom. The fourth-order valence-corrected chi connectivity index (χ4v) is 2.55. The maximum absolute atomic E-state index is 4.06. The van der Waals surface area contributed by atoms with Gasteiger partial charge in [0, 0.05) is 12.4 Å². The molecule has 3 rings (SSSR count). The molecule has 0 fully saturated rings. The van der Waals surface area contributed by atoms with Crippen molar-refractivity contribution in [2.45, 2.75) is 19.8 Å². The van der Waals surface area contributed by atoms with Crippen LogP contribution in [0.3, 0.4) is 0 Å². The van der Waals surface area contributed by atoms with Gasteiger partial charge in [-0.05, 0) is 46.4 Å². The van der Waals surface area contributed by atoms with Crippen LogP contribution in [-0.2, 0) is 6.42 Å². The zero-order chi connectivity index (χ0) is 14.5. The minimum atomic E-state index is 1.15. The first-order valence-corrected chi connectivity index (χ1v) is 7.46. The predicted octanol–water partition coefficient (Wildman–Crippen LogP) is 5.37. The lowest BCUT2D eigenvalue weighted by molar-refractivity contribution is 0.922. The number of aryl methyl sites for hydroxylation is 1. The molecule has 1 nitrogen and oxygen atoms in total. The number of hydrogen-bond donors (Lipinski definition) is 0. The molecule has 0 unspecified atom stereocenters. The molecule has 3 aromatic rings. The van der Waals surface area contributed by atoms with Crippen LogP contribution in [0.4, 0.5) is 0 Å². The summed E-state index contributed by atoms with van der Waals surface area (Å²) in [6.45, 7) is 2.21. The molecule has 0 aliphatic carbocycles. The van der Waals surface area contributed by atoms with Crippen LogP contribution in [-0.4, -0.2) is 4.98 Å². The summed E-state index contributed by atoms with van der Waals surface area (Å²) in [7, 11) is 0. The molecule has 0 aliphatic heterocycles. The van der Waals surface area contributed by atoms with Crippen molar-refractivity contribution in [1.82, 2.24) is 4.98 Å². The maximum atomic E-state index is 4.06. The Kier molecular flexibility index (Phi) is 4.11. The quantitative estimate of drug-likeness (QED) is 0.623. The molecule has 0 atom stereocenters. The second-order valence-electron chi connectivity index (χ2n) is 5.26. The van der Waals surface area contributed by atoms with Crippen LogP contribution in [0, 0.1) is 0 Å². The second kappa shape index (κ2) is 6.36. The monoisotopic (exact) mass is 273 g/mol. The highest BCUT2D eigenvalue weighted by atomic mass is 14.6. The Morgan fingerprint density at radius 2 is 1.05 bits per heavy atom. The smallest absolute Gasteiger partial charge is 0.0273 e. The van der Waals surface area contributed by atoms with E-state index in [1.807, 2.05) is 24.5 Å². The lowest BCUT2D eigenvalue weighted by Gasteiger charge is -2.06. The Morgan fingerprint density at radius 1 is 0.619 bits per heavy atom. The summed E-state index contributed by atoms with van der Waals surface area (Å²) in [5, 5.41) is 0. The molecule has 0 saturated heterocycles. The normalized spacial score (nSPS) is 10.5. The van der Waals surface area contributed by atoms with Gasteiger partial charge in [0.2, 0.25) is 0 Å². The van der Waals surface area contributed by atoms with E-state index in [4.69, 9.17) is 0 Å². The summed E-state index contributed by atoms with van der Waals surface area (Å²) in [5.74, 6) is 0. The summed E-state index contributed by atoms with van der Waals surface area (Å²) < 4.78 is 0. The van der Waals surface area contributed by atoms with Crippen LogP contribution in [0.15, 0.2) is 73.1 Å². The highest BCUT2D eigenvalue weighted by Gasteiger charge is 2.00. The van der Waals surface area contributed by atoms with Gasteiger partial charge >= 0.3 is 0 Å². The Balaban J connectivity index is 1.84. The molecule has 0 radical (unpaired) electrons. The highest BCUT2D eigenvalue weighted by molar-refractivity contribution is 5.70. The largest absolute Gasteiger partial charge is 0.265 e. The predicted molar refractivity (Wildman–Crippen MR) is 89.1 cm³/mol. The first-order valence-electron chi connectivity index (χ1n) is 7.46. The Bertz CT molecular complexity index is 682. The summed E-state index contributed by atoms with van der Waals surface area (Å²) in [6.07, 6.45) is 6.01. The van der Waals surface area contributed by atoms with Gasteiger partial charge in [0.05, 0.1) is 0 Å². The molecular formula is C20H19N. The number of nitrogens with zero attached hydrogens (tertiary/aromatic N) is 1. The van der Waals surface area contributed by atoms with Gasteiger partial charge in [-0.1, -0.05) is 61.9 Å². The average Bonchev–Trinajstić information content (AvgIpc) is 2.57. The van der Waals surface area contributed by atoms with E-state index in [0.717, 1.165) is 6.42 Å². The SMILES string of the molecule is CCCc1ccc(-c2ccc(-c3ccncc3)cc2)cc1. The average molecular weight is 273 g/mol. The summed E-state index contributed by atoms with van der Waals surface area (Å²) in [5.41, 5.74) is 6.38. The van der Waals surface area contributed by atoms with Crippen molar-refractivity contribution in [2.24, 2.45) is 0 Å². The van der Waals surface area contributed by atoms with Crippen LogP contribution in [0.25, 0.3) is 22.3 Å². The molecule has 1 aromatic heterocycles. The van der Waals surface area contributed by atoms with Crippen molar-refractivity contribution in [3.8, 4) is 22.3 Å². The van der Waals surface area contributed by atoms with Gasteiger partial charge in [-0.25, -0.2) is 0 Å². The molecule has 0 bridgehead atoms. The molecule has 104 valence electrons. The Labute approximate surface area is 126 Å². The third kappa shape index (κ3) is 3.19. The maximum Gasteiger partial charge on any atom is 0.0273 e. The molecule has 0 N–H and O–H groups in total. The van der Waals surface area contributed by atoms with Crippen molar-refractivity contribution < 1.29 is 0 Å². The van der Waals surface area contributed by atoms with Crippen LogP contribution in [0.1, 0.15) is 18.9 Å². The van der Waals surface area contributed by atoms with E-state index in [-0.39, 0.29) is 0 Å². The topological polar surface area (TPSA) is 12.9 Å². The van der Waals surface area contributed by atoms with E-state index >= 15 is 0 Å². The van der Waals surface area contributed by atoms with Crippen molar-refractivity contribution in [3.05, 3.63) is 78.6 Å². The standard InChI is InChI=1S/C20H19N/c1-2-3-16-4-6-17(7-5-16)18-8-10-19(11-9-18)20-12-14-21-15-13-20/h4-15H,2-3H2,1H3. The number of rotatable bonds is 4. The minimum absolute atomic E-state index is 1.15. The van der Waals surface area contributed by atoms with Crippen LogP contribution in [0.5, 0.6) is 0 Å². The molecule has 0 aliphatic rings. The van der Waals surface area contributed by atoms with Gasteiger partial charge in [0.1, 0.15) is 0 Å². The first-order chi connectivity index (χ1) is 10.4. The molecule has 0 amide bonds. The van der Waals surface area contributed by atoms with Crippen molar-refractivity contribution in [2.75, 3.05) is 0 Å². The van der Waals surface area contributed by atoms with Gasteiger partial charge in [-0.15, -0.1) is 0 Å². The lowest BCUT2D eigenvalue weighted by atomic mass is 9.99. The number of benzene rings is 2. The first kappa shape index (κ1) is 13.6. The Hall–Kier alpha value is -2.41. The molecule has 21 heavy (non-hydrogen) atoms. The highest BCUT2D eigenvalue weighted by Crippen LogP contribution is 2.24. The van der Waals surface area contributed by atoms with E-state index in [9.17, 15) is 0 Å². The van der Waals surface area contributed by atoms with E-state index in [2.05, 4.69) is 60.4 Å². The van der Waals surface area contributed by atoms with Crippen molar-refractivity contribution in [3.63, 3.8) is 0 Å². The van der Waals surface area contributed by atoms with Gasteiger partial charge < -0.3 is 0 Å². The van der Waals surface area contributed by atoms with E-state index in [0.29, 0.717) is 0 Å². The minimum Gasteiger partial charge on any atom is -0.265 e. The van der Waals surface area contributed by atoms with Crippen molar-refractivity contribution >= 4 is 0 Å².